The molecule has 5 heteroatoms. The van der Waals surface area contributed by atoms with E-state index in [9.17, 15) is 4.79 Å². The van der Waals surface area contributed by atoms with Crippen LogP contribution in [0.4, 0.5) is 0 Å². The van der Waals surface area contributed by atoms with E-state index in [-0.39, 0.29) is 11.2 Å². The summed E-state index contributed by atoms with van der Waals surface area (Å²) < 4.78 is 0. The highest BCUT2D eigenvalue weighted by Gasteiger charge is 2.35. The molecule has 1 fully saturated rings. The molecule has 1 atom stereocenters. The van der Waals surface area contributed by atoms with Crippen LogP contribution in [0.3, 0.4) is 0 Å². The van der Waals surface area contributed by atoms with Gasteiger partial charge in [0.05, 0.1) is 18.0 Å². The standard InChI is InChI=1S/C22H19N3OS/c1-16-21(26)25(15-19-12-7-11-18-10-5-6-13-20(18)19)22(27-16)24-23-14-17-8-3-2-4-9-17/h2-14,16H,15H2,1H3/b23-14-,24-22+/t16-/m0/s1. The number of nitrogens with zero attached hydrogens (tertiary/aromatic N) is 3. The van der Waals surface area contributed by atoms with E-state index in [0.29, 0.717) is 11.7 Å². The highest BCUT2D eigenvalue weighted by atomic mass is 32.2. The number of hydrogen-bond acceptors (Lipinski definition) is 4. The average Bonchev–Trinajstić information content (AvgIpc) is 2.97. The lowest BCUT2D eigenvalue weighted by molar-refractivity contribution is -0.126. The second kappa shape index (κ2) is 7.76. The Morgan fingerprint density at radius 2 is 1.74 bits per heavy atom. The van der Waals surface area contributed by atoms with E-state index in [1.54, 1.807) is 11.1 Å². The molecule has 0 spiro atoms. The number of carbonyl (C=O) groups excluding carboxylic acids is 1. The van der Waals surface area contributed by atoms with Gasteiger partial charge in [0.25, 0.3) is 0 Å². The van der Waals surface area contributed by atoms with Gasteiger partial charge in [0.2, 0.25) is 5.91 Å². The van der Waals surface area contributed by atoms with Gasteiger partial charge in [-0.25, -0.2) is 0 Å². The minimum absolute atomic E-state index is 0.0709. The van der Waals surface area contributed by atoms with Gasteiger partial charge >= 0.3 is 0 Å². The van der Waals surface area contributed by atoms with Gasteiger partial charge in [-0.15, -0.1) is 5.10 Å². The van der Waals surface area contributed by atoms with Crippen LogP contribution in [-0.4, -0.2) is 27.4 Å². The van der Waals surface area contributed by atoms with E-state index in [4.69, 9.17) is 0 Å². The van der Waals surface area contributed by atoms with Crippen molar-refractivity contribution in [3.05, 3.63) is 83.9 Å². The van der Waals surface area contributed by atoms with Crippen molar-refractivity contribution in [2.75, 3.05) is 0 Å². The molecule has 0 unspecified atom stereocenters. The Bertz CT molecular complexity index is 1020. The average molecular weight is 373 g/mol. The molecular formula is C22H19N3OS. The molecule has 1 heterocycles. The Balaban J connectivity index is 1.61. The van der Waals surface area contributed by atoms with Gasteiger partial charge < -0.3 is 0 Å². The summed E-state index contributed by atoms with van der Waals surface area (Å²) in [7, 11) is 0. The molecular weight excluding hydrogens is 354 g/mol. The van der Waals surface area contributed by atoms with E-state index < -0.39 is 0 Å². The van der Waals surface area contributed by atoms with Gasteiger partial charge in [-0.1, -0.05) is 84.6 Å². The van der Waals surface area contributed by atoms with Crippen molar-refractivity contribution in [2.24, 2.45) is 10.2 Å². The molecule has 0 N–H and O–H groups in total. The van der Waals surface area contributed by atoms with Gasteiger partial charge in [0.1, 0.15) is 0 Å². The molecule has 0 radical (unpaired) electrons. The largest absolute Gasteiger partial charge is 0.284 e. The lowest BCUT2D eigenvalue weighted by Gasteiger charge is -2.17. The van der Waals surface area contributed by atoms with Crippen molar-refractivity contribution in [3.63, 3.8) is 0 Å². The highest BCUT2D eigenvalue weighted by molar-refractivity contribution is 8.15. The first-order valence-electron chi connectivity index (χ1n) is 8.83. The monoisotopic (exact) mass is 373 g/mol. The second-order valence-electron chi connectivity index (χ2n) is 6.36. The van der Waals surface area contributed by atoms with Crippen LogP contribution < -0.4 is 0 Å². The van der Waals surface area contributed by atoms with E-state index in [1.165, 1.54) is 17.1 Å². The number of rotatable bonds is 4. The Morgan fingerprint density at radius 3 is 2.59 bits per heavy atom. The minimum atomic E-state index is -0.148. The maximum Gasteiger partial charge on any atom is 0.242 e. The number of thioether (sulfide) groups is 1. The van der Waals surface area contributed by atoms with Crippen molar-refractivity contribution in [2.45, 2.75) is 18.7 Å². The van der Waals surface area contributed by atoms with Crippen LogP contribution in [0, 0.1) is 0 Å². The van der Waals surface area contributed by atoms with Crippen LogP contribution in [-0.2, 0) is 11.3 Å². The van der Waals surface area contributed by atoms with Crippen LogP contribution in [0.5, 0.6) is 0 Å². The highest BCUT2D eigenvalue weighted by Crippen LogP contribution is 2.30. The Morgan fingerprint density at radius 1 is 1.00 bits per heavy atom. The summed E-state index contributed by atoms with van der Waals surface area (Å²) in [5, 5.41) is 11.4. The maximum atomic E-state index is 12.7. The second-order valence-corrected chi connectivity index (χ2v) is 7.67. The molecule has 4 nitrogen and oxygen atoms in total. The molecule has 0 aliphatic carbocycles. The molecule has 1 aliphatic rings. The zero-order valence-electron chi connectivity index (χ0n) is 14.9. The van der Waals surface area contributed by atoms with Crippen molar-refractivity contribution < 1.29 is 4.79 Å². The van der Waals surface area contributed by atoms with E-state index in [2.05, 4.69) is 34.5 Å². The number of fused-ring (bicyclic) bond motifs is 1. The van der Waals surface area contributed by atoms with Crippen molar-refractivity contribution in [3.8, 4) is 0 Å². The van der Waals surface area contributed by atoms with E-state index >= 15 is 0 Å². The van der Waals surface area contributed by atoms with Gasteiger partial charge in [-0.3, -0.25) is 9.69 Å². The third-order valence-corrected chi connectivity index (χ3v) is 5.55. The predicted octanol–water partition coefficient (Wildman–Crippen LogP) is 4.69. The van der Waals surface area contributed by atoms with Crippen molar-refractivity contribution >= 4 is 39.8 Å². The molecule has 0 saturated carbocycles. The smallest absolute Gasteiger partial charge is 0.242 e. The van der Waals surface area contributed by atoms with Crippen LogP contribution in [0.1, 0.15) is 18.1 Å². The summed E-state index contributed by atoms with van der Waals surface area (Å²) in [4.78, 5) is 14.4. The summed E-state index contributed by atoms with van der Waals surface area (Å²) in [5.74, 6) is 0.0709. The normalized spacial score (nSPS) is 18.9. The quantitative estimate of drug-likeness (QED) is 0.492. The Hall–Kier alpha value is -2.92. The Kier molecular flexibility index (Phi) is 5.03. The topological polar surface area (TPSA) is 45.0 Å². The summed E-state index contributed by atoms with van der Waals surface area (Å²) in [5.41, 5.74) is 2.08. The molecule has 0 aromatic heterocycles. The zero-order valence-corrected chi connectivity index (χ0v) is 15.8. The van der Waals surface area contributed by atoms with E-state index in [0.717, 1.165) is 16.5 Å². The number of amides is 1. The van der Waals surface area contributed by atoms with Crippen LogP contribution >= 0.6 is 11.8 Å². The van der Waals surface area contributed by atoms with E-state index in [1.807, 2.05) is 55.5 Å². The first kappa shape index (κ1) is 17.5. The number of carbonyl (C=O) groups is 1. The number of benzene rings is 3. The van der Waals surface area contributed by atoms with Crippen molar-refractivity contribution in [1.29, 1.82) is 0 Å². The van der Waals surface area contributed by atoms with Crippen LogP contribution in [0.25, 0.3) is 10.8 Å². The fraction of sp³-hybridized carbons (Fsp3) is 0.136. The first-order valence-corrected chi connectivity index (χ1v) is 9.71. The van der Waals surface area contributed by atoms with Gasteiger partial charge in [-0.05, 0) is 28.8 Å². The molecule has 1 saturated heterocycles. The molecule has 3 aromatic carbocycles. The molecule has 3 aromatic rings. The number of amidine groups is 1. The maximum absolute atomic E-state index is 12.7. The molecule has 1 aliphatic heterocycles. The fourth-order valence-corrected chi connectivity index (χ4v) is 4.01. The summed E-state index contributed by atoms with van der Waals surface area (Å²) in [6.07, 6.45) is 1.71. The third-order valence-electron chi connectivity index (χ3n) is 4.48. The first-order chi connectivity index (χ1) is 13.2. The predicted molar refractivity (Wildman–Crippen MR) is 113 cm³/mol. The fourth-order valence-electron chi connectivity index (χ4n) is 3.09. The van der Waals surface area contributed by atoms with Crippen molar-refractivity contribution in [1.82, 2.24) is 4.90 Å². The molecule has 0 bridgehead atoms. The van der Waals surface area contributed by atoms with Gasteiger partial charge in [0.15, 0.2) is 5.17 Å². The molecule has 4 rings (SSSR count). The van der Waals surface area contributed by atoms with Crippen LogP contribution in [0.2, 0.25) is 0 Å². The lowest BCUT2D eigenvalue weighted by Crippen LogP contribution is -2.30. The SMILES string of the molecule is C[C@@H]1S/C(=N/N=C\c2ccccc2)N(Cc2cccc3ccccc23)C1=O. The molecule has 27 heavy (non-hydrogen) atoms. The Labute approximate surface area is 162 Å². The summed E-state index contributed by atoms with van der Waals surface area (Å²) >= 11 is 1.45. The summed E-state index contributed by atoms with van der Waals surface area (Å²) in [6.45, 7) is 2.41. The van der Waals surface area contributed by atoms with Crippen LogP contribution in [0.15, 0.2) is 83.0 Å². The van der Waals surface area contributed by atoms with Gasteiger partial charge in [-0.2, -0.15) is 5.10 Å². The zero-order chi connectivity index (χ0) is 18.6. The number of hydrogen-bond donors (Lipinski definition) is 0. The third kappa shape index (κ3) is 3.78. The molecule has 1 amide bonds. The van der Waals surface area contributed by atoms with Gasteiger partial charge in [0, 0.05) is 0 Å². The minimum Gasteiger partial charge on any atom is -0.284 e. The molecule has 134 valence electrons. The lowest BCUT2D eigenvalue weighted by atomic mass is 10.0. The summed E-state index contributed by atoms with van der Waals surface area (Å²) in [6, 6.07) is 24.2.